The number of hydrogen-bond acceptors (Lipinski definition) is 2. The largest absolute Gasteiger partial charge is 0.493 e. The summed E-state index contributed by atoms with van der Waals surface area (Å²) in [4.78, 5) is 10.4. The molecule has 0 saturated heterocycles. The van der Waals surface area contributed by atoms with Gasteiger partial charge in [-0.3, -0.25) is 4.79 Å². The van der Waals surface area contributed by atoms with Crippen LogP contribution < -0.4 is 4.74 Å². The average Bonchev–Trinajstić information content (AvgIpc) is 2.37. The third-order valence-corrected chi connectivity index (χ3v) is 2.86. The molecule has 1 aromatic carbocycles. The van der Waals surface area contributed by atoms with Crippen LogP contribution in [0.2, 0.25) is 0 Å². The van der Waals surface area contributed by atoms with Crippen LogP contribution in [0.4, 0.5) is 0 Å². The molecular weight excluding hydrogens is 240 g/mol. The van der Waals surface area contributed by atoms with Crippen molar-refractivity contribution in [3.8, 4) is 5.75 Å². The summed E-state index contributed by atoms with van der Waals surface area (Å²) in [5.41, 5.74) is 2.26. The standard InChI is InChI=1S/C16H22O3/c1-3-7-14-10-9-13(2)15(12-14)19-11-6-4-5-8-16(17)18/h3,7,9-10,12H,4-6,8,11H2,1-2H3,(H,17,18)/b7-3+. The Morgan fingerprint density at radius 3 is 2.79 bits per heavy atom. The molecule has 0 heterocycles. The van der Waals surface area contributed by atoms with Crippen LogP contribution in [-0.4, -0.2) is 17.7 Å². The molecule has 0 unspecified atom stereocenters. The SMILES string of the molecule is C/C=C/c1ccc(C)c(OCCCCCC(=O)O)c1. The molecule has 1 rings (SSSR count). The Bertz CT molecular complexity index is 436. The number of aryl methyl sites for hydroxylation is 1. The number of hydrogen-bond donors (Lipinski definition) is 1. The second-order valence-electron chi connectivity index (χ2n) is 4.58. The molecule has 0 amide bonds. The number of allylic oxidation sites excluding steroid dienone is 1. The van der Waals surface area contributed by atoms with Crippen molar-refractivity contribution in [1.82, 2.24) is 0 Å². The first kappa shape index (κ1) is 15.3. The van der Waals surface area contributed by atoms with Gasteiger partial charge >= 0.3 is 5.97 Å². The number of rotatable bonds is 8. The first-order valence-electron chi connectivity index (χ1n) is 6.71. The number of carboxylic acids is 1. The van der Waals surface area contributed by atoms with Gasteiger partial charge in [0.25, 0.3) is 0 Å². The van der Waals surface area contributed by atoms with E-state index in [0.29, 0.717) is 6.61 Å². The third-order valence-electron chi connectivity index (χ3n) is 2.86. The van der Waals surface area contributed by atoms with Crippen molar-refractivity contribution in [2.24, 2.45) is 0 Å². The van der Waals surface area contributed by atoms with Crippen molar-refractivity contribution in [1.29, 1.82) is 0 Å². The zero-order valence-corrected chi connectivity index (χ0v) is 11.7. The first-order chi connectivity index (χ1) is 9.13. The highest BCUT2D eigenvalue weighted by Gasteiger charge is 2.01. The van der Waals surface area contributed by atoms with Crippen LogP contribution in [0.1, 0.15) is 43.7 Å². The Balaban J connectivity index is 2.36. The molecule has 0 radical (unpaired) electrons. The highest BCUT2D eigenvalue weighted by Crippen LogP contribution is 2.20. The Labute approximate surface area is 114 Å². The van der Waals surface area contributed by atoms with E-state index in [1.165, 1.54) is 0 Å². The molecule has 0 spiro atoms. The van der Waals surface area contributed by atoms with Gasteiger partial charge in [0.15, 0.2) is 0 Å². The highest BCUT2D eigenvalue weighted by atomic mass is 16.5. The van der Waals surface area contributed by atoms with E-state index in [2.05, 4.69) is 12.1 Å². The van der Waals surface area contributed by atoms with E-state index in [-0.39, 0.29) is 6.42 Å². The van der Waals surface area contributed by atoms with Gasteiger partial charge in [0.1, 0.15) is 5.75 Å². The summed E-state index contributed by atoms with van der Waals surface area (Å²) in [6.45, 7) is 4.65. The molecule has 0 fully saturated rings. The molecule has 0 aliphatic heterocycles. The van der Waals surface area contributed by atoms with Crippen LogP contribution >= 0.6 is 0 Å². The Morgan fingerprint density at radius 1 is 1.32 bits per heavy atom. The molecule has 104 valence electrons. The second-order valence-corrected chi connectivity index (χ2v) is 4.58. The van der Waals surface area contributed by atoms with Crippen LogP contribution in [0.5, 0.6) is 5.75 Å². The van der Waals surface area contributed by atoms with Gasteiger partial charge in [-0.1, -0.05) is 24.3 Å². The zero-order chi connectivity index (χ0) is 14.1. The highest BCUT2D eigenvalue weighted by molar-refractivity contribution is 5.66. The number of carbonyl (C=O) groups is 1. The van der Waals surface area contributed by atoms with Crippen LogP contribution in [0, 0.1) is 6.92 Å². The molecule has 1 aromatic rings. The van der Waals surface area contributed by atoms with Crippen LogP contribution in [-0.2, 0) is 4.79 Å². The molecule has 0 aromatic heterocycles. The molecule has 3 nitrogen and oxygen atoms in total. The Hall–Kier alpha value is -1.77. The van der Waals surface area contributed by atoms with E-state index in [9.17, 15) is 4.79 Å². The normalized spacial score (nSPS) is 10.8. The van der Waals surface area contributed by atoms with Gasteiger partial charge in [0, 0.05) is 6.42 Å². The maximum absolute atomic E-state index is 10.4. The summed E-state index contributed by atoms with van der Waals surface area (Å²) in [7, 11) is 0. The Morgan fingerprint density at radius 2 is 2.11 bits per heavy atom. The fourth-order valence-electron chi connectivity index (χ4n) is 1.81. The van der Waals surface area contributed by atoms with Crippen molar-refractivity contribution >= 4 is 12.0 Å². The molecule has 0 saturated carbocycles. The van der Waals surface area contributed by atoms with Crippen molar-refractivity contribution in [3.05, 3.63) is 35.4 Å². The van der Waals surface area contributed by atoms with E-state index in [0.717, 1.165) is 36.1 Å². The van der Waals surface area contributed by atoms with Crippen molar-refractivity contribution in [2.45, 2.75) is 39.5 Å². The van der Waals surface area contributed by atoms with Gasteiger partial charge in [-0.2, -0.15) is 0 Å². The second kappa shape index (κ2) is 8.35. The molecular formula is C16H22O3. The number of unbranched alkanes of at least 4 members (excludes halogenated alkanes) is 2. The number of aliphatic carboxylic acids is 1. The summed E-state index contributed by atoms with van der Waals surface area (Å²) in [5, 5.41) is 8.53. The summed E-state index contributed by atoms with van der Waals surface area (Å²) in [6, 6.07) is 6.15. The molecule has 0 aliphatic carbocycles. The average molecular weight is 262 g/mol. The number of ether oxygens (including phenoxy) is 1. The summed E-state index contributed by atoms with van der Waals surface area (Å²) in [5.74, 6) is 0.185. The zero-order valence-electron chi connectivity index (χ0n) is 11.7. The monoisotopic (exact) mass is 262 g/mol. The van der Waals surface area contributed by atoms with Crippen molar-refractivity contribution < 1.29 is 14.6 Å². The summed E-state index contributed by atoms with van der Waals surface area (Å²) < 4.78 is 5.75. The molecule has 0 atom stereocenters. The Kier molecular flexibility index (Phi) is 6.72. The lowest BCUT2D eigenvalue weighted by Crippen LogP contribution is -2.00. The van der Waals surface area contributed by atoms with Crippen molar-refractivity contribution in [2.75, 3.05) is 6.61 Å². The predicted molar refractivity (Wildman–Crippen MR) is 77.5 cm³/mol. The van der Waals surface area contributed by atoms with Crippen LogP contribution in [0.15, 0.2) is 24.3 Å². The maximum Gasteiger partial charge on any atom is 0.303 e. The van der Waals surface area contributed by atoms with E-state index in [1.807, 2.05) is 32.1 Å². The minimum Gasteiger partial charge on any atom is -0.493 e. The van der Waals surface area contributed by atoms with E-state index >= 15 is 0 Å². The van der Waals surface area contributed by atoms with Crippen LogP contribution in [0.25, 0.3) is 6.08 Å². The van der Waals surface area contributed by atoms with Crippen molar-refractivity contribution in [3.63, 3.8) is 0 Å². The van der Waals surface area contributed by atoms with Gasteiger partial charge in [0.05, 0.1) is 6.61 Å². The van der Waals surface area contributed by atoms with E-state index < -0.39 is 5.97 Å². The lowest BCUT2D eigenvalue weighted by Gasteiger charge is -2.09. The first-order valence-corrected chi connectivity index (χ1v) is 6.71. The van der Waals surface area contributed by atoms with E-state index in [4.69, 9.17) is 9.84 Å². The van der Waals surface area contributed by atoms with Gasteiger partial charge in [-0.05, 0) is 50.3 Å². The van der Waals surface area contributed by atoms with Crippen LogP contribution in [0.3, 0.4) is 0 Å². The fourth-order valence-corrected chi connectivity index (χ4v) is 1.81. The maximum atomic E-state index is 10.4. The minimum atomic E-state index is -0.726. The smallest absolute Gasteiger partial charge is 0.303 e. The quantitative estimate of drug-likeness (QED) is 0.719. The van der Waals surface area contributed by atoms with Gasteiger partial charge < -0.3 is 9.84 Å². The van der Waals surface area contributed by atoms with Gasteiger partial charge in [-0.25, -0.2) is 0 Å². The topological polar surface area (TPSA) is 46.5 Å². The van der Waals surface area contributed by atoms with E-state index in [1.54, 1.807) is 0 Å². The van der Waals surface area contributed by atoms with Gasteiger partial charge in [0.2, 0.25) is 0 Å². The number of carboxylic acid groups (broad SMARTS) is 1. The molecule has 0 bridgehead atoms. The third kappa shape index (κ3) is 6.09. The fraction of sp³-hybridized carbons (Fsp3) is 0.438. The lowest BCUT2D eigenvalue weighted by molar-refractivity contribution is -0.137. The summed E-state index contributed by atoms with van der Waals surface area (Å²) in [6.07, 6.45) is 6.78. The minimum absolute atomic E-state index is 0.246. The molecule has 0 aliphatic rings. The summed E-state index contributed by atoms with van der Waals surface area (Å²) >= 11 is 0. The predicted octanol–water partition coefficient (Wildman–Crippen LogP) is 4.05. The van der Waals surface area contributed by atoms with Gasteiger partial charge in [-0.15, -0.1) is 0 Å². The molecule has 3 heteroatoms. The molecule has 19 heavy (non-hydrogen) atoms. The lowest BCUT2D eigenvalue weighted by atomic mass is 10.1. The molecule has 1 N–H and O–H groups in total. The number of benzene rings is 1.